The molecule has 5 heteroatoms. The molecular formula is C20H25NO4. The van der Waals surface area contributed by atoms with E-state index in [0.717, 1.165) is 24.3 Å². The molecular weight excluding hydrogens is 318 g/mol. The number of carbonyl (C=O) groups excluding carboxylic acids is 1. The van der Waals surface area contributed by atoms with Gasteiger partial charge in [-0.25, -0.2) is 0 Å². The molecule has 0 aliphatic rings. The average molecular weight is 343 g/mol. The van der Waals surface area contributed by atoms with Gasteiger partial charge in [0.25, 0.3) is 5.91 Å². The molecule has 0 spiro atoms. The number of benzene rings is 2. The second-order valence-corrected chi connectivity index (χ2v) is 5.60. The molecule has 2 aromatic rings. The van der Waals surface area contributed by atoms with Crippen LogP contribution in [0, 0.1) is 0 Å². The van der Waals surface area contributed by atoms with E-state index in [0.29, 0.717) is 18.9 Å². The topological polar surface area (TPSA) is 56.8 Å². The smallest absolute Gasteiger partial charge is 0.260 e. The van der Waals surface area contributed by atoms with Crippen LogP contribution in [0.2, 0.25) is 0 Å². The van der Waals surface area contributed by atoms with E-state index < -0.39 is 6.10 Å². The summed E-state index contributed by atoms with van der Waals surface area (Å²) in [7, 11) is 1.61. The Morgan fingerprint density at radius 2 is 1.64 bits per heavy atom. The summed E-state index contributed by atoms with van der Waals surface area (Å²) in [6.45, 7) is 2.98. The second-order valence-electron chi connectivity index (χ2n) is 5.60. The molecule has 0 heterocycles. The summed E-state index contributed by atoms with van der Waals surface area (Å²) >= 11 is 0. The number of unbranched alkanes of at least 4 members (excludes halogenated alkanes) is 1. The van der Waals surface area contributed by atoms with Crippen molar-refractivity contribution in [2.24, 2.45) is 0 Å². The minimum atomic E-state index is -0.547. The lowest BCUT2D eigenvalue weighted by atomic mass is 10.3. The zero-order valence-electron chi connectivity index (χ0n) is 14.7. The summed E-state index contributed by atoms with van der Waals surface area (Å²) in [6, 6.07) is 16.9. The molecule has 25 heavy (non-hydrogen) atoms. The van der Waals surface area contributed by atoms with Crippen molar-refractivity contribution >= 4 is 5.91 Å². The number of para-hydroxylation sites is 1. The Labute approximate surface area is 148 Å². The maximum atomic E-state index is 12.0. The van der Waals surface area contributed by atoms with Gasteiger partial charge >= 0.3 is 0 Å². The molecule has 5 nitrogen and oxygen atoms in total. The Balaban J connectivity index is 1.59. The Morgan fingerprint density at radius 1 is 0.960 bits per heavy atom. The number of rotatable bonds is 10. The van der Waals surface area contributed by atoms with E-state index in [1.165, 1.54) is 0 Å². The van der Waals surface area contributed by atoms with Gasteiger partial charge in [-0.2, -0.15) is 0 Å². The minimum absolute atomic E-state index is 0.125. The van der Waals surface area contributed by atoms with Gasteiger partial charge in [-0.3, -0.25) is 4.79 Å². The lowest BCUT2D eigenvalue weighted by molar-refractivity contribution is -0.127. The van der Waals surface area contributed by atoms with Gasteiger partial charge in [-0.1, -0.05) is 18.2 Å². The molecule has 1 atom stereocenters. The molecule has 0 radical (unpaired) electrons. The highest BCUT2D eigenvalue weighted by Gasteiger charge is 2.13. The summed E-state index contributed by atoms with van der Waals surface area (Å²) < 4.78 is 16.3. The summed E-state index contributed by atoms with van der Waals surface area (Å²) in [5.41, 5.74) is 0. The Hall–Kier alpha value is -2.69. The van der Waals surface area contributed by atoms with Crippen molar-refractivity contribution in [3.05, 3.63) is 54.6 Å². The lowest BCUT2D eigenvalue weighted by Crippen LogP contribution is -2.36. The van der Waals surface area contributed by atoms with Crippen molar-refractivity contribution in [2.75, 3.05) is 20.3 Å². The van der Waals surface area contributed by atoms with Crippen LogP contribution in [-0.4, -0.2) is 32.3 Å². The Kier molecular flexibility index (Phi) is 7.63. The number of methoxy groups -OCH3 is 1. The highest BCUT2D eigenvalue weighted by Crippen LogP contribution is 2.18. The van der Waals surface area contributed by atoms with Crippen molar-refractivity contribution in [3.8, 4) is 17.2 Å². The van der Waals surface area contributed by atoms with Gasteiger partial charge in [0.05, 0.1) is 13.7 Å². The fourth-order valence-electron chi connectivity index (χ4n) is 2.20. The molecule has 0 aliphatic carbocycles. The maximum Gasteiger partial charge on any atom is 0.260 e. The number of carbonyl (C=O) groups is 1. The van der Waals surface area contributed by atoms with E-state index in [9.17, 15) is 4.79 Å². The van der Waals surface area contributed by atoms with Gasteiger partial charge < -0.3 is 19.5 Å². The first-order valence-corrected chi connectivity index (χ1v) is 8.45. The largest absolute Gasteiger partial charge is 0.497 e. The third-order valence-electron chi connectivity index (χ3n) is 3.62. The van der Waals surface area contributed by atoms with Crippen LogP contribution in [0.1, 0.15) is 19.8 Å². The fraction of sp³-hybridized carbons (Fsp3) is 0.350. The van der Waals surface area contributed by atoms with Crippen LogP contribution in [0.15, 0.2) is 54.6 Å². The number of nitrogens with one attached hydrogen (secondary N) is 1. The third-order valence-corrected chi connectivity index (χ3v) is 3.62. The highest BCUT2D eigenvalue weighted by molar-refractivity contribution is 5.80. The van der Waals surface area contributed by atoms with Gasteiger partial charge in [-0.05, 0) is 56.2 Å². The maximum absolute atomic E-state index is 12.0. The molecule has 0 aromatic heterocycles. The normalized spacial score (nSPS) is 11.4. The van der Waals surface area contributed by atoms with E-state index in [4.69, 9.17) is 14.2 Å². The molecule has 1 N–H and O–H groups in total. The second kappa shape index (κ2) is 10.2. The standard InChI is InChI=1S/C20H25NO4/c1-16(25-19-12-10-17(23-2)11-13-19)20(22)21-14-6-7-15-24-18-8-4-3-5-9-18/h3-5,8-13,16H,6-7,14-15H2,1-2H3,(H,21,22)/t16-/m0/s1. The molecule has 0 bridgehead atoms. The summed E-state index contributed by atoms with van der Waals surface area (Å²) in [5, 5.41) is 2.88. The summed E-state index contributed by atoms with van der Waals surface area (Å²) in [4.78, 5) is 12.0. The minimum Gasteiger partial charge on any atom is -0.497 e. The SMILES string of the molecule is COc1ccc(O[C@@H](C)C(=O)NCCCCOc2ccccc2)cc1. The van der Waals surface area contributed by atoms with E-state index in [2.05, 4.69) is 5.32 Å². The molecule has 1 amide bonds. The van der Waals surface area contributed by atoms with E-state index in [1.54, 1.807) is 38.3 Å². The van der Waals surface area contributed by atoms with Crippen molar-refractivity contribution in [1.82, 2.24) is 5.32 Å². The third kappa shape index (κ3) is 6.75. The molecule has 134 valence electrons. The van der Waals surface area contributed by atoms with Crippen molar-refractivity contribution in [3.63, 3.8) is 0 Å². The molecule has 2 rings (SSSR count). The monoisotopic (exact) mass is 343 g/mol. The lowest BCUT2D eigenvalue weighted by Gasteiger charge is -2.15. The number of ether oxygens (including phenoxy) is 3. The van der Waals surface area contributed by atoms with Gasteiger partial charge in [-0.15, -0.1) is 0 Å². The summed E-state index contributed by atoms with van der Waals surface area (Å²) in [6.07, 6.45) is 1.19. The average Bonchev–Trinajstić information content (AvgIpc) is 2.65. The van der Waals surface area contributed by atoms with E-state index in [1.807, 2.05) is 30.3 Å². The van der Waals surface area contributed by atoms with Crippen LogP contribution >= 0.6 is 0 Å². The van der Waals surface area contributed by atoms with Crippen LogP contribution in [0.4, 0.5) is 0 Å². The van der Waals surface area contributed by atoms with Gasteiger partial charge in [0.2, 0.25) is 0 Å². The molecule has 2 aromatic carbocycles. The first-order valence-electron chi connectivity index (χ1n) is 8.45. The molecule has 0 saturated carbocycles. The number of hydrogen-bond acceptors (Lipinski definition) is 4. The first kappa shape index (κ1) is 18.6. The fourth-order valence-corrected chi connectivity index (χ4v) is 2.20. The van der Waals surface area contributed by atoms with E-state index >= 15 is 0 Å². The van der Waals surface area contributed by atoms with Gasteiger partial charge in [0.1, 0.15) is 17.2 Å². The predicted molar refractivity (Wildman–Crippen MR) is 97.3 cm³/mol. The quantitative estimate of drug-likeness (QED) is 0.672. The van der Waals surface area contributed by atoms with Gasteiger partial charge in [0, 0.05) is 6.54 Å². The molecule has 0 aliphatic heterocycles. The van der Waals surface area contributed by atoms with Crippen molar-refractivity contribution in [1.29, 1.82) is 0 Å². The van der Waals surface area contributed by atoms with Crippen LogP contribution in [0.5, 0.6) is 17.2 Å². The Bertz CT molecular complexity index is 628. The summed E-state index contributed by atoms with van der Waals surface area (Å²) in [5.74, 6) is 2.13. The molecule has 0 unspecified atom stereocenters. The highest BCUT2D eigenvalue weighted by atomic mass is 16.5. The van der Waals surface area contributed by atoms with Crippen molar-refractivity contribution < 1.29 is 19.0 Å². The number of amides is 1. The molecule has 0 saturated heterocycles. The van der Waals surface area contributed by atoms with Crippen LogP contribution < -0.4 is 19.5 Å². The van der Waals surface area contributed by atoms with Crippen LogP contribution in [0.25, 0.3) is 0 Å². The van der Waals surface area contributed by atoms with Crippen LogP contribution in [-0.2, 0) is 4.79 Å². The van der Waals surface area contributed by atoms with Gasteiger partial charge in [0.15, 0.2) is 6.10 Å². The zero-order chi connectivity index (χ0) is 17.9. The Morgan fingerprint density at radius 3 is 2.32 bits per heavy atom. The molecule has 0 fully saturated rings. The number of hydrogen-bond donors (Lipinski definition) is 1. The zero-order valence-corrected chi connectivity index (χ0v) is 14.7. The van der Waals surface area contributed by atoms with E-state index in [-0.39, 0.29) is 5.91 Å². The van der Waals surface area contributed by atoms with Crippen LogP contribution in [0.3, 0.4) is 0 Å². The first-order chi connectivity index (χ1) is 12.2. The van der Waals surface area contributed by atoms with Crippen molar-refractivity contribution in [2.45, 2.75) is 25.9 Å². The predicted octanol–water partition coefficient (Wildman–Crippen LogP) is 3.44.